The van der Waals surface area contributed by atoms with Crippen LogP contribution in [0.1, 0.15) is 13.3 Å². The summed E-state index contributed by atoms with van der Waals surface area (Å²) in [6, 6.07) is 6.36. The Morgan fingerprint density at radius 2 is 2.17 bits per heavy atom. The van der Waals surface area contributed by atoms with Crippen molar-refractivity contribution in [2.24, 2.45) is 0 Å². The van der Waals surface area contributed by atoms with Gasteiger partial charge in [0.2, 0.25) is 10.0 Å². The fraction of sp³-hybridized carbons (Fsp3) is 0.364. The highest BCUT2D eigenvalue weighted by molar-refractivity contribution is 7.93. The van der Waals surface area contributed by atoms with Gasteiger partial charge in [0.05, 0.1) is 12.3 Å². The highest BCUT2D eigenvalue weighted by Crippen LogP contribution is 2.18. The Bertz CT molecular complexity index is 512. The van der Waals surface area contributed by atoms with E-state index in [0.717, 1.165) is 6.42 Å². The van der Waals surface area contributed by atoms with E-state index in [2.05, 4.69) is 4.72 Å². The monoisotopic (exact) mass is 273 g/mol. The van der Waals surface area contributed by atoms with E-state index in [0.29, 0.717) is 12.4 Å². The second-order valence-corrected chi connectivity index (χ2v) is 5.35. The molecule has 0 amide bonds. The first kappa shape index (κ1) is 14.3. The standard InChI is InChI=1S/C11H15NO5S/c1-2-6-17-10-5-3-4-9(7-10)12-18(15,16)8-11(13)14/h3-5,7,12H,2,6,8H2,1H3,(H,13,14). The zero-order valence-electron chi connectivity index (χ0n) is 9.92. The van der Waals surface area contributed by atoms with Crippen molar-refractivity contribution in [2.45, 2.75) is 13.3 Å². The van der Waals surface area contributed by atoms with E-state index in [9.17, 15) is 13.2 Å². The Morgan fingerprint density at radius 3 is 2.78 bits per heavy atom. The van der Waals surface area contributed by atoms with E-state index >= 15 is 0 Å². The minimum atomic E-state index is -3.88. The average molecular weight is 273 g/mol. The van der Waals surface area contributed by atoms with Gasteiger partial charge in [0.1, 0.15) is 5.75 Å². The third-order valence-electron chi connectivity index (χ3n) is 1.89. The predicted octanol–water partition coefficient (Wildman–Crippen LogP) is 1.30. The van der Waals surface area contributed by atoms with Gasteiger partial charge in [-0.15, -0.1) is 0 Å². The van der Waals surface area contributed by atoms with E-state index < -0.39 is 21.7 Å². The summed E-state index contributed by atoms with van der Waals surface area (Å²) in [6.45, 7) is 2.49. The van der Waals surface area contributed by atoms with Gasteiger partial charge in [-0.05, 0) is 18.6 Å². The first-order valence-electron chi connectivity index (χ1n) is 5.38. The number of hydrogen-bond donors (Lipinski definition) is 2. The molecule has 0 unspecified atom stereocenters. The topological polar surface area (TPSA) is 92.7 Å². The number of hydrogen-bond acceptors (Lipinski definition) is 4. The summed E-state index contributed by atoms with van der Waals surface area (Å²) in [5.74, 6) is -1.83. The largest absolute Gasteiger partial charge is 0.494 e. The van der Waals surface area contributed by atoms with Crippen LogP contribution in [0, 0.1) is 0 Å². The zero-order valence-corrected chi connectivity index (χ0v) is 10.7. The summed E-state index contributed by atoms with van der Waals surface area (Å²) in [7, 11) is -3.88. The molecule has 0 spiro atoms. The Labute approximate surface area is 106 Å². The summed E-state index contributed by atoms with van der Waals surface area (Å²) in [5, 5.41) is 8.45. The maximum absolute atomic E-state index is 11.4. The van der Waals surface area contributed by atoms with Gasteiger partial charge in [0, 0.05) is 6.07 Å². The number of sulfonamides is 1. The van der Waals surface area contributed by atoms with Crippen LogP contribution in [0.3, 0.4) is 0 Å². The second-order valence-electron chi connectivity index (χ2n) is 3.63. The smallest absolute Gasteiger partial charge is 0.320 e. The van der Waals surface area contributed by atoms with Crippen LogP contribution >= 0.6 is 0 Å². The molecule has 7 heteroatoms. The van der Waals surface area contributed by atoms with Gasteiger partial charge in [-0.25, -0.2) is 8.42 Å². The zero-order chi connectivity index (χ0) is 13.6. The highest BCUT2D eigenvalue weighted by Gasteiger charge is 2.15. The first-order valence-corrected chi connectivity index (χ1v) is 7.03. The molecule has 1 rings (SSSR count). The molecule has 100 valence electrons. The van der Waals surface area contributed by atoms with Gasteiger partial charge >= 0.3 is 5.97 Å². The van der Waals surface area contributed by atoms with Gasteiger partial charge in [-0.2, -0.15) is 0 Å². The number of anilines is 1. The van der Waals surface area contributed by atoms with E-state index in [1.165, 1.54) is 12.1 Å². The molecule has 0 saturated carbocycles. The molecule has 0 heterocycles. The van der Waals surface area contributed by atoms with Crippen LogP contribution < -0.4 is 9.46 Å². The van der Waals surface area contributed by atoms with Crippen LogP contribution in [-0.2, 0) is 14.8 Å². The van der Waals surface area contributed by atoms with Gasteiger partial charge in [-0.1, -0.05) is 13.0 Å². The predicted molar refractivity (Wildman–Crippen MR) is 67.3 cm³/mol. The average Bonchev–Trinajstić information content (AvgIpc) is 2.24. The van der Waals surface area contributed by atoms with E-state index in [1.54, 1.807) is 12.1 Å². The van der Waals surface area contributed by atoms with Gasteiger partial charge in [-0.3, -0.25) is 9.52 Å². The van der Waals surface area contributed by atoms with Gasteiger partial charge < -0.3 is 9.84 Å². The van der Waals surface area contributed by atoms with Gasteiger partial charge in [0.15, 0.2) is 5.75 Å². The number of benzene rings is 1. The molecule has 2 N–H and O–H groups in total. The van der Waals surface area contributed by atoms with Crippen LogP contribution in [0.15, 0.2) is 24.3 Å². The van der Waals surface area contributed by atoms with E-state index in [-0.39, 0.29) is 5.69 Å². The molecular weight excluding hydrogens is 258 g/mol. The molecule has 1 aromatic carbocycles. The fourth-order valence-electron chi connectivity index (χ4n) is 1.25. The summed E-state index contributed by atoms with van der Waals surface area (Å²) in [5.41, 5.74) is 0.282. The van der Waals surface area contributed by atoms with Crippen molar-refractivity contribution in [3.05, 3.63) is 24.3 Å². The van der Waals surface area contributed by atoms with Crippen LogP contribution in [0.4, 0.5) is 5.69 Å². The molecule has 0 aliphatic heterocycles. The third-order valence-corrected chi connectivity index (χ3v) is 3.07. The molecule has 0 aromatic heterocycles. The number of rotatable bonds is 7. The lowest BCUT2D eigenvalue weighted by molar-refractivity contribution is -0.134. The number of carbonyl (C=O) groups is 1. The number of aliphatic carboxylic acids is 1. The Hall–Kier alpha value is -1.76. The lowest BCUT2D eigenvalue weighted by Gasteiger charge is -2.08. The van der Waals surface area contributed by atoms with Crippen LogP contribution in [0.25, 0.3) is 0 Å². The third kappa shape index (κ3) is 5.05. The molecule has 1 aromatic rings. The Morgan fingerprint density at radius 1 is 1.44 bits per heavy atom. The molecule has 0 atom stereocenters. The van der Waals surface area contributed by atoms with Gasteiger partial charge in [0.25, 0.3) is 0 Å². The lowest BCUT2D eigenvalue weighted by Crippen LogP contribution is -2.22. The summed E-state index contributed by atoms with van der Waals surface area (Å²) in [6.07, 6.45) is 0.842. The highest BCUT2D eigenvalue weighted by atomic mass is 32.2. The summed E-state index contributed by atoms with van der Waals surface area (Å²) < 4.78 is 30.3. The fourth-order valence-corrected chi connectivity index (χ4v) is 2.13. The minimum absolute atomic E-state index is 0.282. The van der Waals surface area contributed by atoms with Crippen molar-refractivity contribution < 1.29 is 23.1 Å². The minimum Gasteiger partial charge on any atom is -0.494 e. The number of carboxylic acid groups (broad SMARTS) is 1. The SMILES string of the molecule is CCCOc1cccc(NS(=O)(=O)CC(=O)O)c1. The van der Waals surface area contributed by atoms with Crippen molar-refractivity contribution in [3.63, 3.8) is 0 Å². The summed E-state index contributed by atoms with van der Waals surface area (Å²) in [4.78, 5) is 10.4. The molecule has 0 saturated heterocycles. The van der Waals surface area contributed by atoms with Crippen molar-refractivity contribution in [3.8, 4) is 5.75 Å². The lowest BCUT2D eigenvalue weighted by atomic mass is 10.3. The quantitative estimate of drug-likeness (QED) is 0.781. The molecule has 0 bridgehead atoms. The first-order chi connectivity index (χ1) is 8.43. The van der Waals surface area contributed by atoms with Crippen molar-refractivity contribution in [1.82, 2.24) is 0 Å². The van der Waals surface area contributed by atoms with Crippen LogP contribution in [0.2, 0.25) is 0 Å². The molecular formula is C11H15NO5S. The van der Waals surface area contributed by atoms with E-state index in [4.69, 9.17) is 9.84 Å². The Balaban J connectivity index is 2.75. The van der Waals surface area contributed by atoms with Crippen molar-refractivity contribution >= 4 is 21.7 Å². The molecule has 6 nitrogen and oxygen atoms in total. The normalized spacial score (nSPS) is 10.9. The molecule has 0 aliphatic rings. The second kappa shape index (κ2) is 6.25. The van der Waals surface area contributed by atoms with Crippen molar-refractivity contribution in [2.75, 3.05) is 17.1 Å². The maximum Gasteiger partial charge on any atom is 0.320 e. The maximum atomic E-state index is 11.4. The number of ether oxygens (including phenoxy) is 1. The summed E-state index contributed by atoms with van der Waals surface area (Å²) >= 11 is 0. The molecule has 0 fully saturated rings. The van der Waals surface area contributed by atoms with Crippen LogP contribution in [-0.4, -0.2) is 31.9 Å². The molecule has 0 aliphatic carbocycles. The molecule has 18 heavy (non-hydrogen) atoms. The van der Waals surface area contributed by atoms with Crippen LogP contribution in [0.5, 0.6) is 5.75 Å². The van der Waals surface area contributed by atoms with E-state index in [1.807, 2.05) is 6.92 Å². The molecule has 0 radical (unpaired) electrons. The number of nitrogens with one attached hydrogen (secondary N) is 1. The number of carboxylic acids is 1. The Kier molecular flexibility index (Phi) is 4.96. The van der Waals surface area contributed by atoms with Crippen molar-refractivity contribution in [1.29, 1.82) is 0 Å².